The summed E-state index contributed by atoms with van der Waals surface area (Å²) in [4.78, 5) is 30.3. The molecule has 0 bridgehead atoms. The van der Waals surface area contributed by atoms with Gasteiger partial charge in [0.1, 0.15) is 11.5 Å². The fourth-order valence-electron chi connectivity index (χ4n) is 4.49. The number of para-hydroxylation sites is 1. The summed E-state index contributed by atoms with van der Waals surface area (Å²) >= 11 is 0. The van der Waals surface area contributed by atoms with Crippen molar-refractivity contribution in [3.8, 4) is 17.2 Å². The van der Waals surface area contributed by atoms with Gasteiger partial charge in [0.05, 0.1) is 32.9 Å². The Labute approximate surface area is 206 Å². The molecule has 1 N–H and O–H groups in total. The van der Waals surface area contributed by atoms with Crippen LogP contribution in [0.4, 0.5) is 0 Å². The molecule has 0 aromatic heterocycles. The third-order valence-electron chi connectivity index (χ3n) is 6.38. The van der Waals surface area contributed by atoms with Crippen LogP contribution in [0.15, 0.2) is 48.0 Å². The molecule has 1 unspecified atom stereocenters. The highest BCUT2D eigenvalue weighted by molar-refractivity contribution is 6.46. The van der Waals surface area contributed by atoms with Crippen LogP contribution in [0.5, 0.6) is 17.2 Å². The van der Waals surface area contributed by atoms with Gasteiger partial charge in [0.15, 0.2) is 11.5 Å². The van der Waals surface area contributed by atoms with E-state index in [1.54, 1.807) is 42.5 Å². The molecule has 0 aliphatic carbocycles. The summed E-state index contributed by atoms with van der Waals surface area (Å²) in [6, 6.07) is 11.2. The van der Waals surface area contributed by atoms with Crippen molar-refractivity contribution in [1.29, 1.82) is 0 Å². The van der Waals surface area contributed by atoms with Gasteiger partial charge < -0.3 is 29.1 Å². The molecule has 2 aromatic carbocycles. The smallest absolute Gasteiger partial charge is 0.295 e. The van der Waals surface area contributed by atoms with Crippen LogP contribution < -0.4 is 14.2 Å². The molecule has 8 heteroatoms. The monoisotopic (exact) mass is 482 g/mol. The SMILES string of the molecule is CCN(CC)CCCN1C(=O)C(=O)C(=C(O)c2cccc(OC)c2)C1c1cccc(OC)c1OC. The molecule has 1 amide bonds. The van der Waals surface area contributed by atoms with E-state index in [4.69, 9.17) is 14.2 Å². The van der Waals surface area contributed by atoms with E-state index in [1.165, 1.54) is 26.2 Å². The van der Waals surface area contributed by atoms with Gasteiger partial charge >= 0.3 is 0 Å². The fraction of sp³-hybridized carbons (Fsp3) is 0.407. The highest BCUT2D eigenvalue weighted by Gasteiger charge is 2.47. The van der Waals surface area contributed by atoms with E-state index in [-0.39, 0.29) is 11.3 Å². The van der Waals surface area contributed by atoms with Crippen LogP contribution in [0.25, 0.3) is 5.76 Å². The Kier molecular flexibility index (Phi) is 8.76. The number of carbonyl (C=O) groups is 2. The van der Waals surface area contributed by atoms with E-state index >= 15 is 0 Å². The zero-order chi connectivity index (χ0) is 25.5. The summed E-state index contributed by atoms with van der Waals surface area (Å²) in [5.41, 5.74) is 0.966. The molecule has 0 saturated carbocycles. The summed E-state index contributed by atoms with van der Waals surface area (Å²) in [6.07, 6.45) is 0.677. The molecular formula is C27H34N2O6. The maximum Gasteiger partial charge on any atom is 0.295 e. The number of hydrogen-bond donors (Lipinski definition) is 1. The average Bonchev–Trinajstić information content (AvgIpc) is 3.14. The highest BCUT2D eigenvalue weighted by atomic mass is 16.5. The van der Waals surface area contributed by atoms with Gasteiger partial charge in [-0.05, 0) is 44.3 Å². The number of benzene rings is 2. The number of carbonyl (C=O) groups excluding carboxylic acids is 2. The van der Waals surface area contributed by atoms with Crippen molar-refractivity contribution < 1.29 is 28.9 Å². The molecule has 1 atom stereocenters. The number of methoxy groups -OCH3 is 3. The van der Waals surface area contributed by atoms with Crippen LogP contribution in [-0.2, 0) is 9.59 Å². The van der Waals surface area contributed by atoms with E-state index in [9.17, 15) is 14.7 Å². The van der Waals surface area contributed by atoms with Crippen LogP contribution in [0.2, 0.25) is 0 Å². The molecule has 2 aromatic rings. The molecule has 0 radical (unpaired) electrons. The van der Waals surface area contributed by atoms with Gasteiger partial charge in [-0.2, -0.15) is 0 Å². The number of Topliss-reactive ketones (excluding diaryl/α,β-unsaturated/α-hetero) is 1. The molecular weight excluding hydrogens is 448 g/mol. The zero-order valence-corrected chi connectivity index (χ0v) is 21.0. The van der Waals surface area contributed by atoms with Crippen LogP contribution in [0, 0.1) is 0 Å². The van der Waals surface area contributed by atoms with E-state index < -0.39 is 17.7 Å². The molecule has 35 heavy (non-hydrogen) atoms. The van der Waals surface area contributed by atoms with Crippen molar-refractivity contribution >= 4 is 17.4 Å². The van der Waals surface area contributed by atoms with Crippen molar-refractivity contribution in [2.75, 3.05) is 47.5 Å². The number of rotatable bonds is 11. The van der Waals surface area contributed by atoms with Gasteiger partial charge in [0.2, 0.25) is 0 Å². The lowest BCUT2D eigenvalue weighted by molar-refractivity contribution is -0.140. The summed E-state index contributed by atoms with van der Waals surface area (Å²) < 4.78 is 16.4. The second-order valence-corrected chi connectivity index (χ2v) is 8.19. The number of aliphatic hydroxyl groups excluding tert-OH is 1. The maximum atomic E-state index is 13.3. The molecule has 1 heterocycles. The predicted molar refractivity (Wildman–Crippen MR) is 134 cm³/mol. The molecule has 188 valence electrons. The summed E-state index contributed by atoms with van der Waals surface area (Å²) in [7, 11) is 4.56. The predicted octanol–water partition coefficient (Wildman–Crippen LogP) is 3.87. The van der Waals surface area contributed by atoms with Gasteiger partial charge in [-0.1, -0.05) is 38.1 Å². The average molecular weight is 483 g/mol. The molecule has 1 saturated heterocycles. The van der Waals surface area contributed by atoms with Crippen molar-refractivity contribution in [3.63, 3.8) is 0 Å². The Morgan fingerprint density at radius 3 is 2.34 bits per heavy atom. The molecule has 1 aliphatic rings. The van der Waals surface area contributed by atoms with Gasteiger partial charge in [0.25, 0.3) is 11.7 Å². The number of likely N-dealkylation sites (tertiary alicyclic amines) is 1. The second kappa shape index (κ2) is 11.8. The number of ketones is 1. The van der Waals surface area contributed by atoms with Gasteiger partial charge in [-0.25, -0.2) is 0 Å². The van der Waals surface area contributed by atoms with Crippen LogP contribution in [0.3, 0.4) is 0 Å². The first-order valence-corrected chi connectivity index (χ1v) is 11.8. The highest BCUT2D eigenvalue weighted by Crippen LogP contribution is 2.45. The van der Waals surface area contributed by atoms with Crippen LogP contribution in [-0.4, -0.2) is 74.1 Å². The summed E-state index contributed by atoms with van der Waals surface area (Å²) in [5, 5.41) is 11.3. The van der Waals surface area contributed by atoms with Crippen LogP contribution >= 0.6 is 0 Å². The van der Waals surface area contributed by atoms with E-state index in [1.807, 2.05) is 0 Å². The standard InChI is InChI=1S/C27H34N2O6/c1-6-28(7-2)15-10-16-29-23(20-13-9-14-21(34-4)26(20)35-5)22(25(31)27(29)32)24(30)18-11-8-12-19(17-18)33-3/h8-9,11-14,17,23,30H,6-7,10,15-16H2,1-5H3. The first-order chi connectivity index (χ1) is 16.9. The minimum Gasteiger partial charge on any atom is -0.507 e. The second-order valence-electron chi connectivity index (χ2n) is 8.19. The van der Waals surface area contributed by atoms with E-state index in [0.717, 1.165) is 19.6 Å². The van der Waals surface area contributed by atoms with Crippen molar-refractivity contribution in [2.45, 2.75) is 26.3 Å². The normalized spacial score (nSPS) is 17.2. The van der Waals surface area contributed by atoms with Crippen LogP contribution in [0.1, 0.15) is 37.4 Å². The Hall–Kier alpha value is -3.52. The minimum atomic E-state index is -0.831. The topological polar surface area (TPSA) is 88.5 Å². The largest absolute Gasteiger partial charge is 0.507 e. The molecule has 0 spiro atoms. The van der Waals surface area contributed by atoms with Gasteiger partial charge in [-0.15, -0.1) is 0 Å². The first-order valence-electron chi connectivity index (χ1n) is 11.8. The molecule has 1 aliphatic heterocycles. The Morgan fingerprint density at radius 2 is 1.71 bits per heavy atom. The number of hydrogen-bond acceptors (Lipinski definition) is 7. The maximum absolute atomic E-state index is 13.3. The third kappa shape index (κ3) is 5.27. The minimum absolute atomic E-state index is 0.0117. The fourth-order valence-corrected chi connectivity index (χ4v) is 4.49. The third-order valence-corrected chi connectivity index (χ3v) is 6.38. The molecule has 3 rings (SSSR count). The number of aliphatic hydroxyl groups is 1. The van der Waals surface area contributed by atoms with Crippen molar-refractivity contribution in [2.24, 2.45) is 0 Å². The quantitative estimate of drug-likeness (QED) is 0.296. The summed E-state index contributed by atoms with van der Waals surface area (Å²) in [6.45, 7) is 7.11. The van der Waals surface area contributed by atoms with E-state index in [0.29, 0.717) is 41.3 Å². The van der Waals surface area contributed by atoms with Crippen molar-refractivity contribution in [1.82, 2.24) is 9.80 Å². The van der Waals surface area contributed by atoms with Gasteiger partial charge in [-0.3, -0.25) is 9.59 Å². The number of nitrogens with zero attached hydrogens (tertiary/aromatic N) is 2. The molecule has 1 fully saturated rings. The Morgan fingerprint density at radius 1 is 1.00 bits per heavy atom. The van der Waals surface area contributed by atoms with Crippen molar-refractivity contribution in [3.05, 3.63) is 59.2 Å². The Bertz CT molecular complexity index is 1090. The lowest BCUT2D eigenvalue weighted by atomic mass is 9.94. The number of ether oxygens (including phenoxy) is 3. The molecule has 8 nitrogen and oxygen atoms in total. The zero-order valence-electron chi connectivity index (χ0n) is 21.0. The number of amides is 1. The van der Waals surface area contributed by atoms with E-state index in [2.05, 4.69) is 18.7 Å². The van der Waals surface area contributed by atoms with Gasteiger partial charge in [0, 0.05) is 17.7 Å². The lowest BCUT2D eigenvalue weighted by Crippen LogP contribution is -2.33. The Balaban J connectivity index is 2.15. The first kappa shape index (κ1) is 26.1. The lowest BCUT2D eigenvalue weighted by Gasteiger charge is -2.28. The summed E-state index contributed by atoms with van der Waals surface area (Å²) in [5.74, 6) is -0.236.